The van der Waals surface area contributed by atoms with E-state index in [-0.39, 0.29) is 39.5 Å². The number of anilines is 1. The third-order valence-corrected chi connectivity index (χ3v) is 11.3. The van der Waals surface area contributed by atoms with Crippen molar-refractivity contribution in [3.8, 4) is 0 Å². The topological polar surface area (TPSA) is 70.2 Å². The summed E-state index contributed by atoms with van der Waals surface area (Å²) in [6, 6.07) is 12.8. The second-order valence-corrected chi connectivity index (χ2v) is 12.5. The Morgan fingerprint density at radius 3 is 2.35 bits per heavy atom. The minimum atomic E-state index is -4.69. The number of rotatable bonds is 2. The lowest BCUT2D eigenvalue weighted by molar-refractivity contribution is -0.137. The van der Waals surface area contributed by atoms with Crippen LogP contribution in [0.3, 0.4) is 0 Å². The molecule has 1 N–H and O–H groups in total. The lowest BCUT2D eigenvalue weighted by atomic mass is 9.67. The number of aryl methyl sites for hydroxylation is 1. The average molecular weight is 543 g/mol. The molecule has 3 heterocycles. The molecule has 7 rings (SSSR count). The van der Waals surface area contributed by atoms with Gasteiger partial charge in [0.15, 0.2) is 0 Å². The van der Waals surface area contributed by atoms with Gasteiger partial charge in [-0.25, -0.2) is 4.90 Å². The van der Waals surface area contributed by atoms with E-state index >= 15 is 0 Å². The van der Waals surface area contributed by atoms with Gasteiger partial charge in [0.1, 0.15) is 0 Å². The number of amides is 2. The van der Waals surface area contributed by atoms with Gasteiger partial charge in [0.05, 0.1) is 28.1 Å². The number of carbonyl (C=O) groups excluding carboxylic acids is 2. The molecule has 190 valence electrons. The number of nitrogens with zero attached hydrogens (tertiary/aromatic N) is 1. The molecule has 2 aliphatic carbocycles. The molecular weight excluding hydrogens is 521 g/mol. The fraction of sp³-hybridized carbons (Fsp3) is 0.370. The van der Waals surface area contributed by atoms with E-state index in [0.717, 1.165) is 32.0 Å². The van der Waals surface area contributed by atoms with E-state index in [4.69, 9.17) is 0 Å². The van der Waals surface area contributed by atoms with Gasteiger partial charge in [-0.15, -0.1) is 11.8 Å². The summed E-state index contributed by atoms with van der Waals surface area (Å²) in [7, 11) is 0. The van der Waals surface area contributed by atoms with E-state index in [1.165, 1.54) is 29.5 Å². The normalized spacial score (nSPS) is 32.0. The van der Waals surface area contributed by atoms with Crippen LogP contribution in [-0.4, -0.2) is 22.0 Å². The second kappa shape index (κ2) is 7.83. The maximum Gasteiger partial charge on any atom is 0.418 e. The van der Waals surface area contributed by atoms with Crippen LogP contribution in [0.4, 0.5) is 18.9 Å². The summed E-state index contributed by atoms with van der Waals surface area (Å²) >= 11 is 2.75. The molecule has 3 fully saturated rings. The minimum Gasteiger partial charge on any atom is -0.307 e. The highest BCUT2D eigenvalue weighted by molar-refractivity contribution is 8.00. The number of para-hydroxylation sites is 1. The molecule has 4 aliphatic rings. The lowest BCUT2D eigenvalue weighted by Crippen LogP contribution is -2.42. The van der Waals surface area contributed by atoms with Crippen molar-refractivity contribution in [1.29, 1.82) is 0 Å². The summed E-state index contributed by atoms with van der Waals surface area (Å²) in [6.07, 6.45) is -4.00. The third kappa shape index (κ3) is 3.14. The Balaban J connectivity index is 1.34. The van der Waals surface area contributed by atoms with Crippen LogP contribution >= 0.6 is 23.1 Å². The Bertz CT molecular complexity index is 1530. The molecule has 5 nitrogen and oxygen atoms in total. The summed E-state index contributed by atoms with van der Waals surface area (Å²) < 4.78 is 41.4. The summed E-state index contributed by atoms with van der Waals surface area (Å²) in [4.78, 5) is 44.4. The zero-order chi connectivity index (χ0) is 25.8. The number of fused-ring (bicyclic) bond motifs is 9. The number of imide groups is 1. The average Bonchev–Trinajstić information content (AvgIpc) is 3.58. The number of hydrogen-bond donors (Lipinski definition) is 1. The van der Waals surface area contributed by atoms with Crippen LogP contribution in [0.15, 0.2) is 58.4 Å². The molecule has 37 heavy (non-hydrogen) atoms. The van der Waals surface area contributed by atoms with Crippen LogP contribution in [0.25, 0.3) is 0 Å². The Kier molecular flexibility index (Phi) is 4.93. The molecular formula is C27H21F3N2O3S2. The summed E-state index contributed by atoms with van der Waals surface area (Å²) in [5, 5.41) is 0.799. The number of aromatic nitrogens is 1. The summed E-state index contributed by atoms with van der Waals surface area (Å²) in [6.45, 7) is 2.03. The molecule has 7 atom stereocenters. The molecule has 3 aromatic rings. The van der Waals surface area contributed by atoms with Gasteiger partial charge >= 0.3 is 11.0 Å². The van der Waals surface area contributed by atoms with Crippen LogP contribution in [0, 0.1) is 36.5 Å². The zero-order valence-electron chi connectivity index (χ0n) is 19.5. The van der Waals surface area contributed by atoms with Crippen molar-refractivity contribution < 1.29 is 22.8 Å². The highest BCUT2D eigenvalue weighted by Gasteiger charge is 2.70. The van der Waals surface area contributed by atoms with Crippen LogP contribution in [0.5, 0.6) is 0 Å². The molecule has 0 unspecified atom stereocenters. The minimum absolute atomic E-state index is 0.00543. The number of carbonyl (C=O) groups is 2. The van der Waals surface area contributed by atoms with Crippen molar-refractivity contribution in [3.05, 3.63) is 79.8 Å². The fourth-order valence-electron chi connectivity index (χ4n) is 7.45. The molecule has 2 aliphatic heterocycles. The first-order valence-electron chi connectivity index (χ1n) is 12.2. The third-order valence-electron chi connectivity index (χ3n) is 8.70. The first-order chi connectivity index (χ1) is 17.7. The van der Waals surface area contributed by atoms with Crippen LogP contribution in [0.2, 0.25) is 0 Å². The number of aromatic amines is 1. The quantitative estimate of drug-likeness (QED) is 0.438. The molecule has 2 bridgehead atoms. The van der Waals surface area contributed by atoms with Crippen LogP contribution < -0.4 is 9.77 Å². The number of nitrogens with one attached hydrogen (secondary N) is 1. The maximum absolute atomic E-state index is 13.8. The number of thiazole rings is 1. The second-order valence-electron chi connectivity index (χ2n) is 10.3. The van der Waals surface area contributed by atoms with E-state index in [2.05, 4.69) is 11.1 Å². The molecule has 0 spiro atoms. The van der Waals surface area contributed by atoms with E-state index in [9.17, 15) is 27.6 Å². The van der Waals surface area contributed by atoms with Crippen molar-refractivity contribution in [2.45, 2.75) is 35.7 Å². The fourth-order valence-corrected chi connectivity index (χ4v) is 10.3. The predicted molar refractivity (Wildman–Crippen MR) is 134 cm³/mol. The monoisotopic (exact) mass is 542 g/mol. The summed E-state index contributed by atoms with van der Waals surface area (Å²) in [5.74, 6) is -2.75. The van der Waals surface area contributed by atoms with E-state index in [1.54, 1.807) is 11.8 Å². The first-order valence-corrected chi connectivity index (χ1v) is 13.9. The highest BCUT2D eigenvalue weighted by Crippen LogP contribution is 2.69. The molecule has 2 saturated carbocycles. The molecule has 2 aromatic carbocycles. The number of thioether (sulfide) groups is 1. The highest BCUT2D eigenvalue weighted by atomic mass is 32.2. The van der Waals surface area contributed by atoms with Crippen molar-refractivity contribution in [2.75, 3.05) is 4.90 Å². The van der Waals surface area contributed by atoms with Gasteiger partial charge in [-0.2, -0.15) is 13.2 Å². The zero-order valence-corrected chi connectivity index (χ0v) is 21.1. The van der Waals surface area contributed by atoms with Gasteiger partial charge in [-0.3, -0.25) is 14.4 Å². The molecule has 10 heteroatoms. The largest absolute Gasteiger partial charge is 0.418 e. The smallest absolute Gasteiger partial charge is 0.307 e. The van der Waals surface area contributed by atoms with E-state index in [1.807, 2.05) is 25.1 Å². The van der Waals surface area contributed by atoms with Gasteiger partial charge in [0.2, 0.25) is 11.8 Å². The predicted octanol–water partition coefficient (Wildman–Crippen LogP) is 5.44. The lowest BCUT2D eigenvalue weighted by Gasteiger charge is -2.43. The SMILES string of the molecule is Cc1ccccc1[C@@H]1c2sc(=O)[nH]c2S[C@@H]2[C@@H]3C[C@@H]([C@@H]4C(=O)N(c5ccccc5C(F)(F)F)C(=O)[C@@H]34)[C@@H]12. The number of hydrogen-bond acceptors (Lipinski definition) is 5. The summed E-state index contributed by atoms with van der Waals surface area (Å²) in [5.41, 5.74) is 0.815. The van der Waals surface area contributed by atoms with Gasteiger partial charge in [-0.1, -0.05) is 47.7 Å². The van der Waals surface area contributed by atoms with Crippen molar-refractivity contribution in [2.24, 2.45) is 29.6 Å². The number of alkyl halides is 3. The van der Waals surface area contributed by atoms with Gasteiger partial charge < -0.3 is 4.98 Å². The molecule has 1 aromatic heterocycles. The van der Waals surface area contributed by atoms with E-state index in [0.29, 0.717) is 6.42 Å². The number of H-pyrrole nitrogens is 1. The molecule has 2 amide bonds. The Morgan fingerprint density at radius 1 is 0.946 bits per heavy atom. The van der Waals surface area contributed by atoms with E-state index < -0.39 is 35.4 Å². The maximum atomic E-state index is 13.8. The molecule has 1 saturated heterocycles. The Hall–Kier alpha value is -2.85. The van der Waals surface area contributed by atoms with Crippen LogP contribution in [-0.2, 0) is 15.8 Å². The number of benzene rings is 2. The Morgan fingerprint density at radius 2 is 1.62 bits per heavy atom. The molecule has 0 radical (unpaired) electrons. The van der Waals surface area contributed by atoms with Crippen molar-refractivity contribution >= 4 is 40.6 Å². The first kappa shape index (κ1) is 23.3. The van der Waals surface area contributed by atoms with Gasteiger partial charge in [0, 0.05) is 16.0 Å². The number of halogens is 3. The Labute approximate surface area is 218 Å². The van der Waals surface area contributed by atoms with Gasteiger partial charge in [-0.05, 0) is 54.4 Å². The van der Waals surface area contributed by atoms with Crippen molar-refractivity contribution in [3.63, 3.8) is 0 Å². The standard InChI is InChI=1S/C27H21F3N2O3S2/c1-11-6-2-3-7-12(11)17-18-13-10-14(21(18)36-23-22(17)37-26(35)31-23)20-19(13)24(33)32(25(20)34)16-9-5-4-8-15(16)27(28,29)30/h2-9,13-14,17-21H,10H2,1H3,(H,31,35)/t13-,14-,17+,18+,19+,20+,21-/m1/s1. The van der Waals surface area contributed by atoms with Gasteiger partial charge in [0.25, 0.3) is 0 Å². The van der Waals surface area contributed by atoms with Crippen molar-refractivity contribution in [1.82, 2.24) is 4.98 Å². The van der Waals surface area contributed by atoms with Crippen LogP contribution in [0.1, 0.15) is 33.9 Å².